The van der Waals surface area contributed by atoms with Crippen LogP contribution in [-0.2, 0) is 0 Å². The van der Waals surface area contributed by atoms with Gasteiger partial charge in [-0.05, 0) is 20.6 Å². The third kappa shape index (κ3) is 6.12. The Morgan fingerprint density at radius 1 is 1.36 bits per heavy atom. The summed E-state index contributed by atoms with van der Waals surface area (Å²) >= 11 is 0. The smallest absolute Gasteiger partial charge is 0.849 e. The minimum atomic E-state index is -0.802. The van der Waals surface area contributed by atoms with Gasteiger partial charge in [0.25, 0.3) is 0 Å². The van der Waals surface area contributed by atoms with E-state index in [4.69, 9.17) is 0 Å². The quantitative estimate of drug-likeness (QED) is 0.428. The molecule has 0 amide bonds. The normalized spacial score (nSPS) is 16.4. The molecule has 1 unspecified atom stereocenters. The van der Waals surface area contributed by atoms with Crippen molar-refractivity contribution in [2.45, 2.75) is 26.4 Å². The van der Waals surface area contributed by atoms with Gasteiger partial charge in [0.05, 0.1) is 0 Å². The summed E-state index contributed by atoms with van der Waals surface area (Å²) in [4.78, 5) is 1.94. The Kier molecular flexibility index (Phi) is 7.28. The summed E-state index contributed by atoms with van der Waals surface area (Å²) < 4.78 is 0. The van der Waals surface area contributed by atoms with Crippen molar-refractivity contribution in [2.75, 3.05) is 20.6 Å². The zero-order valence-corrected chi connectivity index (χ0v) is 10.6. The monoisotopic (exact) mass is 167 g/mol. The van der Waals surface area contributed by atoms with Crippen LogP contribution >= 0.6 is 0 Å². The van der Waals surface area contributed by atoms with Crippen LogP contribution in [0.3, 0.4) is 0 Å². The molecule has 11 heavy (non-hydrogen) atoms. The molecule has 0 aromatic heterocycles. The van der Waals surface area contributed by atoms with Gasteiger partial charge in [-0.3, -0.25) is 0 Å². The maximum Gasteiger partial charge on any atom is 1.00 e. The number of rotatable bonds is 3. The summed E-state index contributed by atoms with van der Waals surface area (Å²) in [6.45, 7) is 6.31. The molecule has 3 heteroatoms. The molecule has 0 rings (SSSR count). The van der Waals surface area contributed by atoms with Gasteiger partial charge in [-0.1, -0.05) is 26.7 Å². The molecule has 62 valence electrons. The van der Waals surface area contributed by atoms with E-state index in [0.29, 0.717) is 6.54 Å². The summed E-state index contributed by atoms with van der Waals surface area (Å²) in [5, 5.41) is 11.6. The van der Waals surface area contributed by atoms with Crippen LogP contribution in [0.25, 0.3) is 0 Å². The molecule has 0 aliphatic heterocycles. The van der Waals surface area contributed by atoms with E-state index in [1.807, 2.05) is 32.8 Å². The molecule has 0 saturated heterocycles. The number of hydrogen-bond donors (Lipinski definition) is 0. The average Bonchev–Trinajstić information content (AvgIpc) is 1.60. The second-order valence-electron chi connectivity index (χ2n) is 3.71. The average molecular weight is 167 g/mol. The van der Waals surface area contributed by atoms with Crippen molar-refractivity contribution >= 4 is 0 Å². The molecule has 0 bridgehead atoms. The Morgan fingerprint density at radius 2 is 1.73 bits per heavy atom. The topological polar surface area (TPSA) is 26.3 Å². The number of nitrogens with zero attached hydrogens (tertiary/aromatic N) is 1. The molecule has 0 aromatic rings. The predicted octanol–water partition coefficient (Wildman–Crippen LogP) is -2.67. The Balaban J connectivity index is 0. The van der Waals surface area contributed by atoms with E-state index in [9.17, 15) is 5.11 Å². The van der Waals surface area contributed by atoms with E-state index in [2.05, 4.69) is 0 Å². The van der Waals surface area contributed by atoms with E-state index in [-0.39, 0.29) is 35.5 Å². The van der Waals surface area contributed by atoms with Crippen molar-refractivity contribution in [3.05, 3.63) is 0 Å². The van der Waals surface area contributed by atoms with Gasteiger partial charge in [-0.25, -0.2) is 0 Å². The van der Waals surface area contributed by atoms with Crippen LogP contribution in [0.2, 0.25) is 0 Å². The van der Waals surface area contributed by atoms with Crippen LogP contribution in [0, 0.1) is 5.92 Å². The largest absolute Gasteiger partial charge is 1.00 e. The van der Waals surface area contributed by atoms with Gasteiger partial charge in [-0.15, -0.1) is 5.60 Å². The van der Waals surface area contributed by atoms with Gasteiger partial charge >= 0.3 is 29.6 Å². The van der Waals surface area contributed by atoms with E-state index < -0.39 is 5.60 Å². The first kappa shape index (κ1) is 14.4. The fourth-order valence-corrected chi connectivity index (χ4v) is 0.810. The van der Waals surface area contributed by atoms with Crippen molar-refractivity contribution in [1.29, 1.82) is 0 Å². The molecule has 0 radical (unpaired) electrons. The van der Waals surface area contributed by atoms with Crippen LogP contribution < -0.4 is 34.7 Å². The third-order valence-electron chi connectivity index (χ3n) is 1.85. The van der Waals surface area contributed by atoms with Gasteiger partial charge < -0.3 is 10.0 Å². The summed E-state index contributed by atoms with van der Waals surface area (Å²) in [5.74, 6) is 0.204. The summed E-state index contributed by atoms with van der Waals surface area (Å²) in [5.41, 5.74) is -0.802. The maximum absolute atomic E-state index is 11.6. The second-order valence-corrected chi connectivity index (χ2v) is 3.71. The molecular weight excluding hydrogens is 149 g/mol. The van der Waals surface area contributed by atoms with Crippen molar-refractivity contribution in [1.82, 2.24) is 4.90 Å². The third-order valence-corrected chi connectivity index (χ3v) is 1.85. The van der Waals surface area contributed by atoms with E-state index in [1.165, 1.54) is 0 Å². The molecular formula is C8H18NNaO. The van der Waals surface area contributed by atoms with Gasteiger partial charge in [0.1, 0.15) is 0 Å². The van der Waals surface area contributed by atoms with Crippen molar-refractivity contribution < 1.29 is 34.7 Å². The zero-order valence-electron chi connectivity index (χ0n) is 8.64. The number of hydrogen-bond acceptors (Lipinski definition) is 2. The first-order valence-corrected chi connectivity index (χ1v) is 3.71. The van der Waals surface area contributed by atoms with Crippen LogP contribution in [-0.4, -0.2) is 31.1 Å². The summed E-state index contributed by atoms with van der Waals surface area (Å²) in [6, 6.07) is 0. The Labute approximate surface area is 92.3 Å². The van der Waals surface area contributed by atoms with Crippen LogP contribution in [0.1, 0.15) is 20.8 Å². The van der Waals surface area contributed by atoms with Crippen LogP contribution in [0.5, 0.6) is 0 Å². The Bertz CT molecular complexity index is 102. The molecule has 1 atom stereocenters. The molecule has 0 fully saturated rings. The Hall–Kier alpha value is 0.920. The molecule has 2 nitrogen and oxygen atoms in total. The van der Waals surface area contributed by atoms with Crippen LogP contribution in [0.15, 0.2) is 0 Å². The van der Waals surface area contributed by atoms with Gasteiger partial charge in [0.2, 0.25) is 0 Å². The first-order chi connectivity index (χ1) is 4.36. The molecule has 0 N–H and O–H groups in total. The molecule has 0 heterocycles. The summed E-state index contributed by atoms with van der Waals surface area (Å²) in [6.07, 6.45) is 0. The van der Waals surface area contributed by atoms with Gasteiger partial charge in [0.15, 0.2) is 0 Å². The molecule has 0 aliphatic rings. The van der Waals surface area contributed by atoms with Crippen molar-refractivity contribution in [3.63, 3.8) is 0 Å². The molecule has 0 aromatic carbocycles. The van der Waals surface area contributed by atoms with Gasteiger partial charge in [-0.2, -0.15) is 0 Å². The fraction of sp³-hybridized carbons (Fsp3) is 1.00. The second kappa shape index (κ2) is 5.55. The van der Waals surface area contributed by atoms with Crippen molar-refractivity contribution in [3.8, 4) is 0 Å². The molecule has 0 saturated carbocycles. The molecule has 0 aliphatic carbocycles. The van der Waals surface area contributed by atoms with E-state index >= 15 is 0 Å². The Morgan fingerprint density at radius 3 is 1.82 bits per heavy atom. The minimum Gasteiger partial charge on any atom is -0.849 e. The van der Waals surface area contributed by atoms with E-state index in [0.717, 1.165) is 0 Å². The maximum atomic E-state index is 11.6. The standard InChI is InChI=1S/C8H18NO.Na/c1-7(2)8(3,10)6-9(4)5;/h7H,6H2,1-5H3;/q-1;+1. The van der Waals surface area contributed by atoms with E-state index in [1.54, 1.807) is 6.92 Å². The number of likely N-dealkylation sites (N-methyl/N-ethyl adjacent to an activating group) is 1. The zero-order chi connectivity index (χ0) is 8.36. The van der Waals surface area contributed by atoms with Gasteiger partial charge in [0, 0.05) is 0 Å². The molecule has 0 spiro atoms. The minimum absolute atomic E-state index is 0. The van der Waals surface area contributed by atoms with Crippen LogP contribution in [0.4, 0.5) is 0 Å². The first-order valence-electron chi connectivity index (χ1n) is 3.71. The SMILES string of the molecule is CC(C)C(C)([O-])CN(C)C.[Na+]. The van der Waals surface area contributed by atoms with Crippen molar-refractivity contribution in [2.24, 2.45) is 5.92 Å². The fourth-order valence-electron chi connectivity index (χ4n) is 0.810. The predicted molar refractivity (Wildman–Crippen MR) is 41.8 cm³/mol. The summed E-state index contributed by atoms with van der Waals surface area (Å²) in [7, 11) is 3.86.